The van der Waals surface area contributed by atoms with E-state index in [4.69, 9.17) is 4.98 Å². The van der Waals surface area contributed by atoms with Gasteiger partial charge in [-0.3, -0.25) is 14.9 Å². The Hall–Kier alpha value is -2.83. The summed E-state index contributed by atoms with van der Waals surface area (Å²) in [6.45, 7) is 17.5. The maximum Gasteiger partial charge on any atom is 0.261 e. The lowest BCUT2D eigenvalue weighted by atomic mass is 9.81. The molecule has 30 heavy (non-hydrogen) atoms. The van der Waals surface area contributed by atoms with Gasteiger partial charge in [-0.2, -0.15) is 0 Å². The first-order valence-electron chi connectivity index (χ1n) is 10.4. The van der Waals surface area contributed by atoms with Gasteiger partial charge >= 0.3 is 0 Å². The second-order valence-corrected chi connectivity index (χ2v) is 10.8. The van der Waals surface area contributed by atoms with Crippen molar-refractivity contribution in [2.75, 3.05) is 10.6 Å². The molecule has 1 amide bonds. The van der Waals surface area contributed by atoms with Crippen LogP contribution in [0.2, 0.25) is 0 Å². The van der Waals surface area contributed by atoms with Gasteiger partial charge in [0.15, 0.2) is 11.5 Å². The molecule has 3 heterocycles. The summed E-state index contributed by atoms with van der Waals surface area (Å²) < 4.78 is 1.88. The molecule has 0 radical (unpaired) electrons. The second-order valence-electron chi connectivity index (χ2n) is 10.8. The smallest absolute Gasteiger partial charge is 0.261 e. The van der Waals surface area contributed by atoms with Crippen LogP contribution >= 0.6 is 0 Å². The molecule has 0 aliphatic heterocycles. The molecule has 0 saturated carbocycles. The molecular formula is C23H34N6O. The topological polar surface area (TPSA) is 87.1 Å². The van der Waals surface area contributed by atoms with Crippen LogP contribution in [-0.4, -0.2) is 31.0 Å². The number of amides is 1. The third kappa shape index (κ3) is 4.83. The average Bonchev–Trinajstić information content (AvgIpc) is 3.13. The standard InChI is InChI=1S/C23H34N6O/c1-21(2,3)14-23(7,8)28-19-17(22(4,5)6)27-18-16(13-25-29(18)19)20(30)26-15-10-9-11-24-12-15/h9-13,25,28H,14H2,1-8H3,(H,26,30). The summed E-state index contributed by atoms with van der Waals surface area (Å²) in [6.07, 6.45) is 5.97. The van der Waals surface area contributed by atoms with Crippen molar-refractivity contribution in [3.8, 4) is 0 Å². The van der Waals surface area contributed by atoms with E-state index in [0.717, 1.165) is 17.9 Å². The normalized spacial score (nSPS) is 12.9. The number of aromatic amines is 1. The Bertz CT molecular complexity index is 1030. The van der Waals surface area contributed by atoms with E-state index in [-0.39, 0.29) is 22.3 Å². The predicted octanol–water partition coefficient (Wildman–Crippen LogP) is 5.23. The summed E-state index contributed by atoms with van der Waals surface area (Å²) in [5, 5.41) is 9.81. The number of H-pyrrole nitrogens is 1. The van der Waals surface area contributed by atoms with E-state index in [9.17, 15) is 4.79 Å². The van der Waals surface area contributed by atoms with E-state index in [1.165, 1.54) is 0 Å². The van der Waals surface area contributed by atoms with Gasteiger partial charge in [-0.25, -0.2) is 9.50 Å². The summed E-state index contributed by atoms with van der Waals surface area (Å²) in [5.74, 6) is 0.674. The summed E-state index contributed by atoms with van der Waals surface area (Å²) in [4.78, 5) is 21.8. The molecule has 0 aromatic carbocycles. The highest BCUT2D eigenvalue weighted by molar-refractivity contribution is 6.08. The van der Waals surface area contributed by atoms with Gasteiger partial charge in [0.25, 0.3) is 5.91 Å². The molecule has 3 aromatic heterocycles. The third-order valence-corrected chi connectivity index (χ3v) is 4.76. The quantitative estimate of drug-likeness (QED) is 0.537. The van der Waals surface area contributed by atoms with Crippen LogP contribution in [0.15, 0.2) is 30.7 Å². The first-order chi connectivity index (χ1) is 13.8. The summed E-state index contributed by atoms with van der Waals surface area (Å²) in [7, 11) is 0. The Morgan fingerprint density at radius 2 is 1.83 bits per heavy atom. The number of nitrogens with zero attached hydrogens (tertiary/aromatic N) is 3. The molecule has 7 heteroatoms. The van der Waals surface area contributed by atoms with Gasteiger partial charge in [-0.15, -0.1) is 0 Å². The van der Waals surface area contributed by atoms with Crippen LogP contribution in [0.1, 0.15) is 77.9 Å². The SMILES string of the molecule is CC(C)(C)CC(C)(C)Nc1c(C(C)(C)C)nc2c(C(=O)Nc3cccnc3)c[nH]n12. The number of anilines is 2. The fourth-order valence-electron chi connectivity index (χ4n) is 4.05. The highest BCUT2D eigenvalue weighted by Gasteiger charge is 2.32. The highest BCUT2D eigenvalue weighted by Crippen LogP contribution is 2.35. The zero-order valence-electron chi connectivity index (χ0n) is 19.3. The summed E-state index contributed by atoms with van der Waals surface area (Å²) in [5.41, 5.74) is 2.50. The minimum atomic E-state index is -0.222. The van der Waals surface area contributed by atoms with Crippen LogP contribution in [-0.2, 0) is 5.41 Å². The lowest BCUT2D eigenvalue weighted by Gasteiger charge is -2.34. The molecule has 0 bridgehead atoms. The summed E-state index contributed by atoms with van der Waals surface area (Å²) >= 11 is 0. The molecule has 3 N–H and O–H groups in total. The van der Waals surface area contributed by atoms with Gasteiger partial charge < -0.3 is 10.6 Å². The molecule has 0 fully saturated rings. The fourth-order valence-corrected chi connectivity index (χ4v) is 4.05. The first-order valence-corrected chi connectivity index (χ1v) is 10.4. The van der Waals surface area contributed by atoms with Crippen molar-refractivity contribution in [1.82, 2.24) is 19.6 Å². The molecule has 0 saturated heterocycles. The number of rotatable bonds is 5. The van der Waals surface area contributed by atoms with E-state index in [2.05, 4.69) is 76.1 Å². The molecule has 0 atom stereocenters. The van der Waals surface area contributed by atoms with Gasteiger partial charge in [-0.05, 0) is 37.8 Å². The number of nitrogens with one attached hydrogen (secondary N) is 3. The number of hydrogen-bond donors (Lipinski definition) is 3. The molecule has 0 aliphatic rings. The van der Waals surface area contributed by atoms with Crippen LogP contribution in [0.3, 0.4) is 0 Å². The van der Waals surface area contributed by atoms with Crippen molar-refractivity contribution in [2.24, 2.45) is 5.41 Å². The van der Waals surface area contributed by atoms with Crippen molar-refractivity contribution in [3.63, 3.8) is 0 Å². The fraction of sp³-hybridized carbons (Fsp3) is 0.522. The molecule has 0 aliphatic carbocycles. The van der Waals surface area contributed by atoms with Crippen LogP contribution in [0.4, 0.5) is 11.5 Å². The monoisotopic (exact) mass is 410 g/mol. The van der Waals surface area contributed by atoms with Crippen LogP contribution in [0.5, 0.6) is 0 Å². The van der Waals surface area contributed by atoms with Crippen molar-refractivity contribution in [2.45, 2.75) is 72.8 Å². The number of hydrogen-bond acceptors (Lipinski definition) is 4. The number of carbonyl (C=O) groups is 1. The molecule has 162 valence electrons. The molecule has 3 aromatic rings. The largest absolute Gasteiger partial charge is 0.364 e. The molecule has 3 rings (SSSR count). The van der Waals surface area contributed by atoms with Crippen molar-refractivity contribution in [3.05, 3.63) is 42.0 Å². The van der Waals surface area contributed by atoms with E-state index in [1.807, 2.05) is 10.6 Å². The minimum absolute atomic E-state index is 0.155. The molecular weight excluding hydrogens is 376 g/mol. The third-order valence-electron chi connectivity index (χ3n) is 4.76. The second kappa shape index (κ2) is 7.45. The Morgan fingerprint density at radius 3 is 2.40 bits per heavy atom. The zero-order valence-corrected chi connectivity index (χ0v) is 19.3. The first kappa shape index (κ1) is 21.9. The summed E-state index contributed by atoms with van der Waals surface area (Å²) in [6, 6.07) is 3.60. The number of aromatic nitrogens is 4. The number of carbonyl (C=O) groups excluding carboxylic acids is 1. The van der Waals surface area contributed by atoms with Crippen molar-refractivity contribution in [1.29, 1.82) is 0 Å². The van der Waals surface area contributed by atoms with E-state index in [0.29, 0.717) is 16.9 Å². The van der Waals surface area contributed by atoms with Gasteiger partial charge in [0.1, 0.15) is 5.56 Å². The van der Waals surface area contributed by atoms with Gasteiger partial charge in [0.05, 0.1) is 17.6 Å². The number of pyridine rings is 1. The van der Waals surface area contributed by atoms with Gasteiger partial charge in [-0.1, -0.05) is 41.5 Å². The molecule has 0 unspecified atom stereocenters. The number of fused-ring (bicyclic) bond motifs is 1. The van der Waals surface area contributed by atoms with Crippen molar-refractivity contribution < 1.29 is 4.79 Å². The predicted molar refractivity (Wildman–Crippen MR) is 122 cm³/mol. The van der Waals surface area contributed by atoms with Gasteiger partial charge in [0, 0.05) is 23.3 Å². The van der Waals surface area contributed by atoms with Crippen LogP contribution < -0.4 is 10.6 Å². The lowest BCUT2D eigenvalue weighted by Crippen LogP contribution is -2.36. The Labute approximate surface area is 178 Å². The Morgan fingerprint density at radius 1 is 1.13 bits per heavy atom. The maximum absolute atomic E-state index is 12.9. The Kier molecular flexibility index (Phi) is 5.43. The number of imidazole rings is 1. The Balaban J connectivity index is 2.02. The lowest BCUT2D eigenvalue weighted by molar-refractivity contribution is 0.102. The average molecular weight is 411 g/mol. The zero-order chi connectivity index (χ0) is 22.3. The van der Waals surface area contributed by atoms with Crippen LogP contribution in [0.25, 0.3) is 5.65 Å². The molecule has 7 nitrogen and oxygen atoms in total. The minimum Gasteiger partial charge on any atom is -0.364 e. The van der Waals surface area contributed by atoms with E-state index < -0.39 is 0 Å². The van der Waals surface area contributed by atoms with Crippen molar-refractivity contribution >= 4 is 23.1 Å². The molecule has 0 spiro atoms. The van der Waals surface area contributed by atoms with E-state index in [1.54, 1.807) is 24.7 Å². The van der Waals surface area contributed by atoms with Gasteiger partial charge in [0.2, 0.25) is 0 Å². The highest BCUT2D eigenvalue weighted by atomic mass is 16.1. The van der Waals surface area contributed by atoms with E-state index >= 15 is 0 Å². The maximum atomic E-state index is 12.9. The van der Waals surface area contributed by atoms with Crippen LogP contribution in [0, 0.1) is 5.41 Å².